The van der Waals surface area contributed by atoms with Crippen LogP contribution in [0, 0.1) is 0 Å². The van der Waals surface area contributed by atoms with E-state index in [2.05, 4.69) is 4.90 Å². The molecule has 1 fully saturated rings. The van der Waals surface area contributed by atoms with Crippen LogP contribution >= 0.6 is 0 Å². The molecular weight excluding hydrogens is 380 g/mol. The molecule has 1 aromatic heterocycles. The first-order valence-corrected chi connectivity index (χ1v) is 10.5. The van der Waals surface area contributed by atoms with Crippen molar-refractivity contribution in [3.8, 4) is 5.75 Å². The quantitative estimate of drug-likeness (QED) is 0.600. The Hall–Kier alpha value is -3.06. The number of aryl methyl sites for hydroxylation is 1. The van der Waals surface area contributed by atoms with Gasteiger partial charge < -0.3 is 9.64 Å². The Kier molecular flexibility index (Phi) is 6.18. The highest BCUT2D eigenvalue weighted by atomic mass is 16.5. The Morgan fingerprint density at radius 3 is 2.20 bits per heavy atom. The van der Waals surface area contributed by atoms with Crippen molar-refractivity contribution in [2.45, 2.75) is 20.0 Å². The van der Waals surface area contributed by atoms with Gasteiger partial charge in [-0.25, -0.2) is 4.79 Å². The number of hydrogen-bond acceptors (Lipinski definition) is 4. The predicted octanol–water partition coefficient (Wildman–Crippen LogP) is 2.05. The minimum absolute atomic E-state index is 0.00343. The maximum atomic E-state index is 12.9. The third-order valence-corrected chi connectivity index (χ3v) is 5.68. The summed E-state index contributed by atoms with van der Waals surface area (Å²) in [7, 11) is 0. The van der Waals surface area contributed by atoms with Gasteiger partial charge in [0.05, 0.1) is 11.0 Å². The number of para-hydroxylation sites is 3. The fourth-order valence-electron chi connectivity index (χ4n) is 4.00. The number of imidazole rings is 1. The lowest BCUT2D eigenvalue weighted by Gasteiger charge is -2.34. The van der Waals surface area contributed by atoms with Crippen LogP contribution in [0.25, 0.3) is 11.0 Å². The molecule has 1 aliphatic rings. The zero-order valence-corrected chi connectivity index (χ0v) is 17.4. The Labute approximate surface area is 176 Å². The number of fused-ring (bicyclic) bond motifs is 1. The van der Waals surface area contributed by atoms with Gasteiger partial charge in [-0.2, -0.15) is 0 Å². The summed E-state index contributed by atoms with van der Waals surface area (Å²) < 4.78 is 9.08. The highest BCUT2D eigenvalue weighted by Gasteiger charge is 2.23. The maximum Gasteiger partial charge on any atom is 0.329 e. The first-order chi connectivity index (χ1) is 14.7. The Morgan fingerprint density at radius 1 is 0.900 bits per heavy atom. The van der Waals surface area contributed by atoms with Crippen LogP contribution in [-0.4, -0.2) is 64.2 Å². The van der Waals surface area contributed by atoms with Crippen LogP contribution in [0.15, 0.2) is 59.4 Å². The molecule has 0 N–H and O–H groups in total. The molecule has 0 spiro atoms. The van der Waals surface area contributed by atoms with Crippen molar-refractivity contribution in [3.05, 3.63) is 65.1 Å². The zero-order chi connectivity index (χ0) is 20.9. The number of rotatable bonds is 7. The lowest BCUT2D eigenvalue weighted by molar-refractivity contribution is -0.133. The monoisotopic (exact) mass is 408 g/mol. The molecule has 0 aliphatic carbocycles. The number of piperazine rings is 1. The number of hydrogen-bond donors (Lipinski definition) is 0. The lowest BCUT2D eigenvalue weighted by atomic mass is 10.3. The molecule has 30 heavy (non-hydrogen) atoms. The average Bonchev–Trinajstić information content (AvgIpc) is 3.05. The second kappa shape index (κ2) is 9.17. The second-order valence-corrected chi connectivity index (χ2v) is 7.49. The molecule has 2 aromatic carbocycles. The number of carbonyl (C=O) groups excluding carboxylic acids is 1. The zero-order valence-electron chi connectivity index (χ0n) is 17.4. The van der Waals surface area contributed by atoms with E-state index < -0.39 is 0 Å². The third kappa shape index (κ3) is 4.26. The van der Waals surface area contributed by atoms with Crippen molar-refractivity contribution in [2.75, 3.05) is 39.3 Å². The van der Waals surface area contributed by atoms with E-state index in [9.17, 15) is 9.59 Å². The molecule has 0 atom stereocenters. The van der Waals surface area contributed by atoms with E-state index in [0.29, 0.717) is 26.2 Å². The molecule has 2 heterocycles. The minimum atomic E-state index is -0.122. The highest BCUT2D eigenvalue weighted by molar-refractivity contribution is 5.81. The van der Waals surface area contributed by atoms with Crippen molar-refractivity contribution in [2.24, 2.45) is 0 Å². The van der Waals surface area contributed by atoms with Gasteiger partial charge in [0, 0.05) is 39.3 Å². The molecule has 0 saturated carbocycles. The number of amides is 1. The van der Waals surface area contributed by atoms with Crippen molar-refractivity contribution < 1.29 is 9.53 Å². The van der Waals surface area contributed by atoms with Gasteiger partial charge in [0.15, 0.2) is 0 Å². The number of benzene rings is 2. The third-order valence-electron chi connectivity index (χ3n) is 5.68. The fourth-order valence-corrected chi connectivity index (χ4v) is 4.00. The molecule has 1 saturated heterocycles. The van der Waals surface area contributed by atoms with Gasteiger partial charge in [-0.1, -0.05) is 30.3 Å². The average molecular weight is 409 g/mol. The van der Waals surface area contributed by atoms with E-state index in [1.807, 2.05) is 66.4 Å². The van der Waals surface area contributed by atoms with Crippen molar-refractivity contribution in [1.29, 1.82) is 0 Å². The normalized spacial score (nSPS) is 14.9. The Morgan fingerprint density at radius 2 is 1.53 bits per heavy atom. The van der Waals surface area contributed by atoms with Crippen LogP contribution < -0.4 is 10.4 Å². The van der Waals surface area contributed by atoms with E-state index in [4.69, 9.17) is 4.74 Å². The Balaban J connectivity index is 1.31. The number of nitrogens with zero attached hydrogens (tertiary/aromatic N) is 4. The van der Waals surface area contributed by atoms with Gasteiger partial charge in [0.25, 0.3) is 0 Å². The molecule has 1 amide bonds. The molecule has 7 nitrogen and oxygen atoms in total. The van der Waals surface area contributed by atoms with Crippen LogP contribution in [0.2, 0.25) is 0 Å². The van der Waals surface area contributed by atoms with E-state index in [1.165, 1.54) is 0 Å². The fraction of sp³-hybridized carbons (Fsp3) is 0.391. The number of carbonyl (C=O) groups is 1. The molecule has 0 unspecified atom stereocenters. The molecule has 7 heteroatoms. The predicted molar refractivity (Wildman–Crippen MR) is 117 cm³/mol. The summed E-state index contributed by atoms with van der Waals surface area (Å²) in [4.78, 5) is 29.8. The summed E-state index contributed by atoms with van der Waals surface area (Å²) in [6.07, 6.45) is 0. The van der Waals surface area contributed by atoms with E-state index in [0.717, 1.165) is 36.4 Å². The molecule has 0 radical (unpaired) electrons. The molecule has 3 aromatic rings. The Bertz CT molecular complexity index is 1050. The number of aromatic nitrogens is 2. The van der Waals surface area contributed by atoms with Gasteiger partial charge in [0.1, 0.15) is 18.9 Å². The van der Waals surface area contributed by atoms with Crippen molar-refractivity contribution in [1.82, 2.24) is 18.9 Å². The number of ether oxygens (including phenoxy) is 1. The standard InChI is InChI=1S/C23H28N4O3/c1-2-26-20-10-6-7-11-21(20)27(23(26)29)18-22(28)25-14-12-24(13-15-25)16-17-30-19-8-4-3-5-9-19/h3-11H,2,12-18H2,1H3. The summed E-state index contributed by atoms with van der Waals surface area (Å²) in [6, 6.07) is 17.4. The van der Waals surface area contributed by atoms with E-state index in [1.54, 1.807) is 9.13 Å². The van der Waals surface area contributed by atoms with Crippen LogP contribution in [0.1, 0.15) is 6.92 Å². The summed E-state index contributed by atoms with van der Waals surface area (Å²) in [5.41, 5.74) is 1.57. The van der Waals surface area contributed by atoms with Gasteiger partial charge in [-0.3, -0.25) is 18.8 Å². The highest BCUT2D eigenvalue weighted by Crippen LogP contribution is 2.14. The summed E-state index contributed by atoms with van der Waals surface area (Å²) >= 11 is 0. The first-order valence-electron chi connectivity index (χ1n) is 10.5. The maximum absolute atomic E-state index is 12.9. The van der Waals surface area contributed by atoms with Gasteiger partial charge in [0.2, 0.25) is 5.91 Å². The lowest BCUT2D eigenvalue weighted by Crippen LogP contribution is -2.50. The molecule has 158 valence electrons. The summed E-state index contributed by atoms with van der Waals surface area (Å²) in [6.45, 7) is 7.06. The second-order valence-electron chi connectivity index (χ2n) is 7.49. The van der Waals surface area contributed by atoms with Gasteiger partial charge in [-0.05, 0) is 31.2 Å². The summed E-state index contributed by atoms with van der Waals surface area (Å²) in [5.74, 6) is 0.874. The van der Waals surface area contributed by atoms with Crippen LogP contribution in [0.3, 0.4) is 0 Å². The van der Waals surface area contributed by atoms with Crippen LogP contribution in [0.5, 0.6) is 5.75 Å². The van der Waals surface area contributed by atoms with Crippen molar-refractivity contribution >= 4 is 16.9 Å². The topological polar surface area (TPSA) is 59.7 Å². The minimum Gasteiger partial charge on any atom is -0.492 e. The molecular formula is C23H28N4O3. The first kappa shape index (κ1) is 20.2. The smallest absolute Gasteiger partial charge is 0.329 e. The molecule has 0 bridgehead atoms. The van der Waals surface area contributed by atoms with Crippen LogP contribution in [0.4, 0.5) is 0 Å². The molecule has 1 aliphatic heterocycles. The van der Waals surface area contributed by atoms with Gasteiger partial charge >= 0.3 is 5.69 Å². The van der Waals surface area contributed by atoms with E-state index >= 15 is 0 Å². The van der Waals surface area contributed by atoms with Gasteiger partial charge in [-0.15, -0.1) is 0 Å². The van der Waals surface area contributed by atoms with E-state index in [-0.39, 0.29) is 18.1 Å². The SMILES string of the molecule is CCn1c(=O)n(CC(=O)N2CCN(CCOc3ccccc3)CC2)c2ccccc21. The van der Waals surface area contributed by atoms with Crippen LogP contribution in [-0.2, 0) is 17.9 Å². The molecule has 4 rings (SSSR count). The largest absolute Gasteiger partial charge is 0.492 e. The van der Waals surface area contributed by atoms with Crippen molar-refractivity contribution in [3.63, 3.8) is 0 Å². The summed E-state index contributed by atoms with van der Waals surface area (Å²) in [5, 5.41) is 0.